The van der Waals surface area contributed by atoms with Crippen molar-refractivity contribution in [2.75, 3.05) is 19.8 Å². The summed E-state index contributed by atoms with van der Waals surface area (Å²) in [7, 11) is 0. The van der Waals surface area contributed by atoms with E-state index in [1.54, 1.807) is 0 Å². The molecule has 90 valence electrons. The highest BCUT2D eigenvalue weighted by molar-refractivity contribution is 4.93. The summed E-state index contributed by atoms with van der Waals surface area (Å²) in [6.45, 7) is -0.580. The van der Waals surface area contributed by atoms with Crippen LogP contribution in [-0.4, -0.2) is 69.3 Å². The molecule has 0 radical (unpaired) electrons. The fourth-order valence-corrected chi connectivity index (χ4v) is 1.58. The molecule has 15 heavy (non-hydrogen) atoms. The van der Waals surface area contributed by atoms with Crippen LogP contribution in [0.5, 0.6) is 0 Å². The van der Waals surface area contributed by atoms with Crippen LogP contribution in [0.2, 0.25) is 0 Å². The van der Waals surface area contributed by atoms with E-state index in [0.29, 0.717) is 6.61 Å². The summed E-state index contributed by atoms with van der Waals surface area (Å²) < 4.78 is 4.92. The van der Waals surface area contributed by atoms with Crippen molar-refractivity contribution in [2.24, 2.45) is 0 Å². The van der Waals surface area contributed by atoms with Gasteiger partial charge in [-0.05, 0) is 0 Å². The molecule has 0 aromatic carbocycles. The molecule has 6 heteroatoms. The molecule has 0 saturated carbocycles. The zero-order valence-electron chi connectivity index (χ0n) is 8.41. The second-order valence-electron chi connectivity index (χ2n) is 4.00. The fraction of sp³-hybridized carbons (Fsp3) is 1.00. The molecule has 1 heterocycles. The molecule has 0 bridgehead atoms. The Morgan fingerprint density at radius 2 is 1.87 bits per heavy atom. The number of rotatable bonds is 7. The van der Waals surface area contributed by atoms with Gasteiger partial charge >= 0.3 is 0 Å². The van der Waals surface area contributed by atoms with Crippen LogP contribution in [0.25, 0.3) is 0 Å². The molecule has 0 aromatic heterocycles. The summed E-state index contributed by atoms with van der Waals surface area (Å²) in [4.78, 5) is 0. The van der Waals surface area contributed by atoms with Gasteiger partial charge in [-0.1, -0.05) is 0 Å². The Labute approximate surface area is 87.7 Å². The lowest BCUT2D eigenvalue weighted by atomic mass is 9.86. The Morgan fingerprint density at radius 1 is 1.27 bits per heavy atom. The van der Waals surface area contributed by atoms with Gasteiger partial charge in [-0.25, -0.2) is 0 Å². The Hall–Kier alpha value is -0.240. The van der Waals surface area contributed by atoms with E-state index in [1.165, 1.54) is 0 Å². The number of ether oxygens (including phenoxy) is 1. The molecule has 4 atom stereocenters. The average molecular weight is 222 g/mol. The molecule has 0 aliphatic carbocycles. The molecule has 5 N–H and O–H groups in total. The van der Waals surface area contributed by atoms with Crippen LogP contribution < -0.4 is 0 Å². The van der Waals surface area contributed by atoms with Crippen LogP contribution in [-0.2, 0) is 4.74 Å². The van der Waals surface area contributed by atoms with Crippen LogP contribution in [0.4, 0.5) is 0 Å². The Morgan fingerprint density at radius 3 is 2.27 bits per heavy atom. The van der Waals surface area contributed by atoms with Gasteiger partial charge in [0.2, 0.25) is 0 Å². The summed E-state index contributed by atoms with van der Waals surface area (Å²) in [5, 5.41) is 46.2. The smallest absolute Gasteiger partial charge is 0.106 e. The van der Waals surface area contributed by atoms with Gasteiger partial charge in [0.25, 0.3) is 0 Å². The molecule has 0 spiro atoms. The van der Waals surface area contributed by atoms with Gasteiger partial charge in [0, 0.05) is 12.8 Å². The Balaban J connectivity index is 2.56. The van der Waals surface area contributed by atoms with Gasteiger partial charge in [-0.15, -0.1) is 0 Å². The predicted molar refractivity (Wildman–Crippen MR) is 50.1 cm³/mol. The highest BCUT2D eigenvalue weighted by atomic mass is 16.6. The van der Waals surface area contributed by atoms with Crippen LogP contribution in [0, 0.1) is 0 Å². The molecule has 0 amide bonds. The highest BCUT2D eigenvalue weighted by Crippen LogP contribution is 2.29. The maximum absolute atomic E-state index is 10.0. The SMILES string of the molecule is OCC(O)CC(O)(CC1CO1)C(O)CO. The Bertz CT molecular complexity index is 195. The van der Waals surface area contributed by atoms with Gasteiger partial charge in [0.15, 0.2) is 0 Å². The zero-order valence-corrected chi connectivity index (χ0v) is 8.41. The molecule has 1 aliphatic rings. The van der Waals surface area contributed by atoms with Crippen molar-refractivity contribution >= 4 is 0 Å². The zero-order chi connectivity index (χ0) is 11.5. The molecular formula is C9H18O6. The number of hydrogen-bond donors (Lipinski definition) is 5. The third-order valence-corrected chi connectivity index (χ3v) is 2.58. The minimum absolute atomic E-state index is 0.137. The molecule has 0 aromatic rings. The molecular weight excluding hydrogens is 204 g/mol. The standard InChI is InChI=1S/C9H18O6/c10-3-6(12)1-9(14,8(13)4-11)2-7-5-15-7/h6-8,10-14H,1-5H2. The summed E-state index contributed by atoms with van der Waals surface area (Å²) in [5.41, 5.74) is -1.61. The van der Waals surface area contributed by atoms with E-state index in [1.807, 2.05) is 0 Å². The largest absolute Gasteiger partial charge is 0.394 e. The van der Waals surface area contributed by atoms with Crippen LogP contribution in [0.3, 0.4) is 0 Å². The van der Waals surface area contributed by atoms with E-state index in [-0.39, 0.29) is 18.9 Å². The maximum Gasteiger partial charge on any atom is 0.106 e. The molecule has 1 rings (SSSR count). The Kier molecular flexibility index (Phi) is 4.45. The minimum atomic E-state index is -1.61. The van der Waals surface area contributed by atoms with E-state index in [4.69, 9.17) is 14.9 Å². The minimum Gasteiger partial charge on any atom is -0.394 e. The quantitative estimate of drug-likeness (QED) is 0.307. The van der Waals surface area contributed by atoms with Gasteiger partial charge < -0.3 is 30.3 Å². The van der Waals surface area contributed by atoms with Crippen molar-refractivity contribution in [3.8, 4) is 0 Å². The van der Waals surface area contributed by atoms with Crippen molar-refractivity contribution in [3.63, 3.8) is 0 Å². The number of hydrogen-bond acceptors (Lipinski definition) is 6. The first-order chi connectivity index (χ1) is 7.01. The number of aliphatic hydroxyl groups excluding tert-OH is 4. The summed E-state index contributed by atoms with van der Waals surface area (Å²) in [6, 6.07) is 0. The molecule has 1 saturated heterocycles. The van der Waals surface area contributed by atoms with E-state index in [9.17, 15) is 15.3 Å². The van der Waals surface area contributed by atoms with Crippen LogP contribution in [0.1, 0.15) is 12.8 Å². The van der Waals surface area contributed by atoms with Crippen molar-refractivity contribution in [1.29, 1.82) is 0 Å². The second kappa shape index (κ2) is 5.20. The van der Waals surface area contributed by atoms with Crippen molar-refractivity contribution < 1.29 is 30.3 Å². The van der Waals surface area contributed by atoms with Crippen molar-refractivity contribution in [3.05, 3.63) is 0 Å². The van der Waals surface area contributed by atoms with Crippen LogP contribution >= 0.6 is 0 Å². The lowest BCUT2D eigenvalue weighted by molar-refractivity contribution is -0.126. The molecule has 6 nitrogen and oxygen atoms in total. The second-order valence-corrected chi connectivity index (χ2v) is 4.00. The summed E-state index contributed by atoms with van der Waals surface area (Å²) in [5.74, 6) is 0. The topological polar surface area (TPSA) is 114 Å². The van der Waals surface area contributed by atoms with E-state index in [2.05, 4.69) is 0 Å². The van der Waals surface area contributed by atoms with E-state index < -0.39 is 31.0 Å². The van der Waals surface area contributed by atoms with Gasteiger partial charge in [0.05, 0.1) is 37.6 Å². The monoisotopic (exact) mass is 222 g/mol. The summed E-state index contributed by atoms with van der Waals surface area (Å²) in [6.07, 6.45) is -2.64. The number of epoxide rings is 1. The van der Waals surface area contributed by atoms with Gasteiger partial charge in [0.1, 0.15) is 6.10 Å². The van der Waals surface area contributed by atoms with E-state index in [0.717, 1.165) is 0 Å². The van der Waals surface area contributed by atoms with Crippen LogP contribution in [0.15, 0.2) is 0 Å². The average Bonchev–Trinajstić information content (AvgIpc) is 2.99. The summed E-state index contributed by atoms with van der Waals surface area (Å²) >= 11 is 0. The molecule has 4 unspecified atom stereocenters. The lowest BCUT2D eigenvalue weighted by Gasteiger charge is -2.33. The van der Waals surface area contributed by atoms with Crippen molar-refractivity contribution in [1.82, 2.24) is 0 Å². The third kappa shape index (κ3) is 3.67. The van der Waals surface area contributed by atoms with Gasteiger partial charge in [-0.2, -0.15) is 0 Å². The molecule has 1 fully saturated rings. The lowest BCUT2D eigenvalue weighted by Crippen LogP contribution is -2.48. The first kappa shape index (κ1) is 12.8. The van der Waals surface area contributed by atoms with Gasteiger partial charge in [-0.3, -0.25) is 0 Å². The number of aliphatic hydroxyl groups is 5. The maximum atomic E-state index is 10.0. The predicted octanol–water partition coefficient (Wildman–Crippen LogP) is -2.40. The highest BCUT2D eigenvalue weighted by Gasteiger charge is 2.42. The molecule has 1 aliphatic heterocycles. The first-order valence-electron chi connectivity index (χ1n) is 4.93. The normalized spacial score (nSPS) is 28.2. The van der Waals surface area contributed by atoms with Crippen molar-refractivity contribution in [2.45, 2.75) is 36.8 Å². The first-order valence-corrected chi connectivity index (χ1v) is 4.93. The van der Waals surface area contributed by atoms with E-state index >= 15 is 0 Å². The fourth-order valence-electron chi connectivity index (χ4n) is 1.58. The third-order valence-electron chi connectivity index (χ3n) is 2.58.